The van der Waals surface area contributed by atoms with Gasteiger partial charge in [0, 0.05) is 6.54 Å². The number of aromatic amines is 1. The molecule has 1 aromatic heterocycles. The molecule has 1 atom stereocenters. The summed E-state index contributed by atoms with van der Waals surface area (Å²) in [6.45, 7) is 0.603. The summed E-state index contributed by atoms with van der Waals surface area (Å²) in [7, 11) is 0. The molecule has 0 fully saturated rings. The number of nitrogens with one attached hydrogen (secondary N) is 3. The molecule has 2 heterocycles. The number of hydrogen-bond acceptors (Lipinski definition) is 4. The zero-order valence-electron chi connectivity index (χ0n) is 16.8. The Balaban J connectivity index is 1.30. The van der Waals surface area contributed by atoms with Crippen LogP contribution < -0.4 is 20.1 Å². The number of benzene rings is 3. The number of ether oxygens (including phenoxy) is 2. The average molecular weight is 414 g/mol. The molecule has 5 rings (SSSR count). The molecule has 7 heteroatoms. The first-order valence-electron chi connectivity index (χ1n) is 10.2. The summed E-state index contributed by atoms with van der Waals surface area (Å²) in [6, 6.07) is 23.0. The van der Waals surface area contributed by atoms with Crippen molar-refractivity contribution < 1.29 is 14.3 Å². The van der Waals surface area contributed by atoms with Crippen molar-refractivity contribution in [2.75, 3.05) is 6.79 Å². The molecule has 0 spiro atoms. The van der Waals surface area contributed by atoms with Crippen LogP contribution in [0, 0.1) is 0 Å². The zero-order chi connectivity index (χ0) is 21.0. The minimum absolute atomic E-state index is 0.228. The second-order valence-electron chi connectivity index (χ2n) is 7.40. The molecule has 0 bridgehead atoms. The first-order chi connectivity index (χ1) is 15.2. The van der Waals surface area contributed by atoms with Crippen molar-refractivity contribution in [3.05, 3.63) is 89.7 Å². The van der Waals surface area contributed by atoms with Crippen molar-refractivity contribution in [1.29, 1.82) is 0 Å². The predicted octanol–water partition coefficient (Wildman–Crippen LogP) is 4.07. The molecule has 7 nitrogen and oxygen atoms in total. The molecule has 4 aromatic rings. The quantitative estimate of drug-likeness (QED) is 0.444. The fraction of sp³-hybridized carbons (Fsp3) is 0.167. The molecule has 0 unspecified atom stereocenters. The van der Waals surface area contributed by atoms with E-state index in [1.165, 1.54) is 0 Å². The molecule has 0 saturated heterocycles. The Bertz CT molecular complexity index is 1170. The molecule has 0 radical (unpaired) electrons. The van der Waals surface area contributed by atoms with Gasteiger partial charge in [0.2, 0.25) is 6.79 Å². The Labute approximate surface area is 179 Å². The third kappa shape index (κ3) is 4.30. The number of carbonyl (C=O) groups excluding carboxylic acids is 1. The van der Waals surface area contributed by atoms with E-state index in [0.29, 0.717) is 18.7 Å². The summed E-state index contributed by atoms with van der Waals surface area (Å²) >= 11 is 0. The Morgan fingerprint density at radius 2 is 1.77 bits per heavy atom. The molecule has 3 N–H and O–H groups in total. The molecule has 2 amide bonds. The van der Waals surface area contributed by atoms with Crippen LogP contribution in [0.3, 0.4) is 0 Å². The Kier molecular flexibility index (Phi) is 5.14. The summed E-state index contributed by atoms with van der Waals surface area (Å²) < 4.78 is 10.7. The number of aromatic nitrogens is 2. The zero-order valence-corrected chi connectivity index (χ0v) is 16.8. The largest absolute Gasteiger partial charge is 0.454 e. The predicted molar refractivity (Wildman–Crippen MR) is 117 cm³/mol. The third-order valence-electron chi connectivity index (χ3n) is 5.22. The summed E-state index contributed by atoms with van der Waals surface area (Å²) in [5, 5.41) is 5.99. The van der Waals surface area contributed by atoms with Gasteiger partial charge in [-0.2, -0.15) is 0 Å². The van der Waals surface area contributed by atoms with Gasteiger partial charge in [0.15, 0.2) is 11.5 Å². The maximum absolute atomic E-state index is 12.7. The maximum Gasteiger partial charge on any atom is 0.315 e. The van der Waals surface area contributed by atoms with Crippen molar-refractivity contribution in [2.24, 2.45) is 0 Å². The van der Waals surface area contributed by atoms with Crippen LogP contribution in [0.25, 0.3) is 11.0 Å². The lowest BCUT2D eigenvalue weighted by Crippen LogP contribution is -2.38. The molecule has 3 aromatic carbocycles. The van der Waals surface area contributed by atoms with E-state index >= 15 is 0 Å². The van der Waals surface area contributed by atoms with E-state index in [1.807, 2.05) is 72.8 Å². The van der Waals surface area contributed by atoms with Gasteiger partial charge in [-0.3, -0.25) is 0 Å². The molecule has 0 saturated carbocycles. The summed E-state index contributed by atoms with van der Waals surface area (Å²) in [5.74, 6) is 2.15. The van der Waals surface area contributed by atoms with Gasteiger partial charge in [0.25, 0.3) is 0 Å². The number of imidazole rings is 1. The SMILES string of the molecule is O=C(NCc1ccc2c(c1)OCO2)N[C@@H](Cc1ccccc1)c1nc2ccccc2[nH]1. The van der Waals surface area contributed by atoms with Crippen molar-refractivity contribution in [3.8, 4) is 11.5 Å². The number of carbonyl (C=O) groups is 1. The maximum atomic E-state index is 12.7. The lowest BCUT2D eigenvalue weighted by molar-refractivity contribution is 0.174. The highest BCUT2D eigenvalue weighted by Crippen LogP contribution is 2.32. The summed E-state index contributed by atoms with van der Waals surface area (Å²) in [5.41, 5.74) is 3.86. The highest BCUT2D eigenvalue weighted by Gasteiger charge is 2.19. The Morgan fingerprint density at radius 1 is 0.968 bits per heavy atom. The summed E-state index contributed by atoms with van der Waals surface area (Å²) in [6.07, 6.45) is 0.623. The normalized spacial score (nSPS) is 13.2. The molecular formula is C24H22N4O3. The Morgan fingerprint density at radius 3 is 2.65 bits per heavy atom. The number of para-hydroxylation sites is 2. The van der Waals surface area contributed by atoms with Gasteiger partial charge in [-0.1, -0.05) is 48.5 Å². The fourth-order valence-corrected chi connectivity index (χ4v) is 3.65. The monoisotopic (exact) mass is 414 g/mol. The molecule has 0 aliphatic carbocycles. The number of rotatable bonds is 6. The lowest BCUT2D eigenvalue weighted by Gasteiger charge is -2.17. The number of amides is 2. The number of hydrogen-bond donors (Lipinski definition) is 3. The van der Waals surface area contributed by atoms with Gasteiger partial charge in [-0.25, -0.2) is 9.78 Å². The van der Waals surface area contributed by atoms with E-state index in [1.54, 1.807) is 0 Å². The van der Waals surface area contributed by atoms with Crippen molar-refractivity contribution in [1.82, 2.24) is 20.6 Å². The van der Waals surface area contributed by atoms with Gasteiger partial charge in [0.05, 0.1) is 17.1 Å². The van der Waals surface area contributed by atoms with Gasteiger partial charge >= 0.3 is 6.03 Å². The van der Waals surface area contributed by atoms with Crippen LogP contribution in [0.2, 0.25) is 0 Å². The topological polar surface area (TPSA) is 88.3 Å². The van der Waals surface area contributed by atoms with Crippen LogP contribution >= 0.6 is 0 Å². The van der Waals surface area contributed by atoms with Crippen LogP contribution in [-0.2, 0) is 13.0 Å². The van der Waals surface area contributed by atoms with Crippen LogP contribution in [0.4, 0.5) is 4.79 Å². The number of nitrogens with zero attached hydrogens (tertiary/aromatic N) is 1. The van der Waals surface area contributed by atoms with E-state index in [-0.39, 0.29) is 18.9 Å². The van der Waals surface area contributed by atoms with Gasteiger partial charge in [0.1, 0.15) is 5.82 Å². The third-order valence-corrected chi connectivity index (χ3v) is 5.22. The molecule has 1 aliphatic rings. The van der Waals surface area contributed by atoms with Gasteiger partial charge < -0.3 is 25.1 Å². The molecule has 156 valence electrons. The van der Waals surface area contributed by atoms with E-state index in [0.717, 1.165) is 33.7 Å². The van der Waals surface area contributed by atoms with E-state index in [9.17, 15) is 4.79 Å². The standard InChI is InChI=1S/C24H22N4O3/c29-24(25-14-17-10-11-21-22(13-17)31-15-30-21)28-20(12-16-6-2-1-3-7-16)23-26-18-8-4-5-9-19(18)27-23/h1-11,13,20H,12,14-15H2,(H,26,27)(H2,25,28,29)/t20-/m0/s1. The second-order valence-corrected chi connectivity index (χ2v) is 7.40. The highest BCUT2D eigenvalue weighted by atomic mass is 16.7. The van der Waals surface area contributed by atoms with Crippen molar-refractivity contribution in [3.63, 3.8) is 0 Å². The van der Waals surface area contributed by atoms with Crippen LogP contribution in [0.1, 0.15) is 23.0 Å². The molecular weight excluding hydrogens is 392 g/mol. The summed E-state index contributed by atoms with van der Waals surface area (Å²) in [4.78, 5) is 20.8. The van der Waals surface area contributed by atoms with Gasteiger partial charge in [-0.15, -0.1) is 0 Å². The van der Waals surface area contributed by atoms with Gasteiger partial charge in [-0.05, 0) is 41.8 Å². The average Bonchev–Trinajstić information content (AvgIpc) is 3.44. The number of urea groups is 1. The first-order valence-corrected chi connectivity index (χ1v) is 10.2. The van der Waals surface area contributed by atoms with Crippen molar-refractivity contribution in [2.45, 2.75) is 19.0 Å². The minimum Gasteiger partial charge on any atom is -0.454 e. The second kappa shape index (κ2) is 8.39. The van der Waals surface area contributed by atoms with E-state index < -0.39 is 0 Å². The molecule has 1 aliphatic heterocycles. The van der Waals surface area contributed by atoms with E-state index in [2.05, 4.69) is 15.6 Å². The number of H-pyrrole nitrogens is 1. The Hall–Kier alpha value is -4.00. The molecule has 31 heavy (non-hydrogen) atoms. The van der Waals surface area contributed by atoms with Crippen LogP contribution in [0.15, 0.2) is 72.8 Å². The fourth-order valence-electron chi connectivity index (χ4n) is 3.65. The first kappa shape index (κ1) is 19.0. The smallest absolute Gasteiger partial charge is 0.315 e. The number of fused-ring (bicyclic) bond motifs is 2. The van der Waals surface area contributed by atoms with E-state index in [4.69, 9.17) is 14.5 Å². The lowest BCUT2D eigenvalue weighted by atomic mass is 10.1. The van der Waals surface area contributed by atoms with Crippen LogP contribution in [-0.4, -0.2) is 22.8 Å². The van der Waals surface area contributed by atoms with Crippen LogP contribution in [0.5, 0.6) is 11.5 Å². The van der Waals surface area contributed by atoms with Crippen molar-refractivity contribution >= 4 is 17.1 Å². The minimum atomic E-state index is -0.299. The highest BCUT2D eigenvalue weighted by molar-refractivity contribution is 5.76.